The van der Waals surface area contributed by atoms with Crippen molar-refractivity contribution in [3.63, 3.8) is 0 Å². The van der Waals surface area contributed by atoms with Gasteiger partial charge in [0, 0.05) is 0 Å². The Bertz CT molecular complexity index is 264. The lowest BCUT2D eigenvalue weighted by Crippen LogP contribution is -2.79. The fourth-order valence-electron chi connectivity index (χ4n) is 4.65. The van der Waals surface area contributed by atoms with E-state index in [0.717, 1.165) is 5.54 Å². The van der Waals surface area contributed by atoms with E-state index >= 15 is 0 Å². The first-order valence-electron chi connectivity index (χ1n) is 8.76. The van der Waals surface area contributed by atoms with E-state index in [4.69, 9.17) is 0 Å². The molecule has 0 bridgehead atoms. The SMILES string of the molecule is CCN([Si](CC)(CC)CC)[Si](NC)(NC)C1CCCC1. The molecule has 0 aromatic carbocycles. The highest BCUT2D eigenvalue weighted by Gasteiger charge is 2.52. The summed E-state index contributed by atoms with van der Waals surface area (Å²) in [5.74, 6) is 0. The van der Waals surface area contributed by atoms with Gasteiger partial charge in [0.15, 0.2) is 0 Å². The first-order chi connectivity index (χ1) is 9.60. The summed E-state index contributed by atoms with van der Waals surface area (Å²) in [6.45, 7) is 10.9. The van der Waals surface area contributed by atoms with Crippen LogP contribution in [0.25, 0.3) is 0 Å². The summed E-state index contributed by atoms with van der Waals surface area (Å²) >= 11 is 0. The van der Waals surface area contributed by atoms with Gasteiger partial charge in [0.25, 0.3) is 8.56 Å². The highest BCUT2D eigenvalue weighted by molar-refractivity contribution is 6.91. The molecule has 1 rings (SSSR count). The van der Waals surface area contributed by atoms with Crippen LogP contribution in [0.3, 0.4) is 0 Å². The molecule has 3 nitrogen and oxygen atoms in total. The molecule has 0 atom stereocenters. The Hall–Kier alpha value is 0.314. The fourth-order valence-corrected chi connectivity index (χ4v) is 17.4. The summed E-state index contributed by atoms with van der Waals surface area (Å²) in [4.78, 5) is 7.71. The third kappa shape index (κ3) is 3.07. The Balaban J connectivity index is 3.19. The van der Waals surface area contributed by atoms with Crippen LogP contribution in [0.5, 0.6) is 0 Å². The minimum atomic E-state index is -1.74. The summed E-state index contributed by atoms with van der Waals surface area (Å²) in [6.07, 6.45) is 5.70. The Kier molecular flexibility index (Phi) is 7.42. The summed E-state index contributed by atoms with van der Waals surface area (Å²) in [5, 5.41) is 0. The Morgan fingerprint density at radius 3 is 1.65 bits per heavy atom. The lowest BCUT2D eigenvalue weighted by Gasteiger charge is -2.53. The van der Waals surface area contributed by atoms with Crippen LogP contribution in [0, 0.1) is 0 Å². The molecule has 0 aliphatic heterocycles. The molecular weight excluding hydrogens is 278 g/mol. The Morgan fingerprint density at radius 2 is 1.35 bits per heavy atom. The largest absolute Gasteiger partial charge is 0.321 e. The molecule has 20 heavy (non-hydrogen) atoms. The quantitative estimate of drug-likeness (QED) is 0.636. The van der Waals surface area contributed by atoms with E-state index in [9.17, 15) is 0 Å². The Labute approximate surface area is 129 Å². The van der Waals surface area contributed by atoms with Gasteiger partial charge in [-0.3, -0.25) is 0 Å². The number of rotatable bonds is 9. The molecule has 1 aliphatic rings. The maximum atomic E-state index is 3.85. The van der Waals surface area contributed by atoms with Crippen LogP contribution in [0.4, 0.5) is 0 Å². The van der Waals surface area contributed by atoms with E-state index in [2.05, 4.69) is 56.0 Å². The second kappa shape index (κ2) is 8.08. The van der Waals surface area contributed by atoms with Gasteiger partial charge in [-0.05, 0) is 57.2 Å². The van der Waals surface area contributed by atoms with Crippen molar-refractivity contribution in [2.24, 2.45) is 0 Å². The third-order valence-electron chi connectivity index (χ3n) is 6.00. The average molecular weight is 316 g/mol. The Morgan fingerprint density at radius 1 is 0.900 bits per heavy atom. The van der Waals surface area contributed by atoms with Crippen molar-refractivity contribution in [2.75, 3.05) is 20.6 Å². The van der Waals surface area contributed by atoms with Gasteiger partial charge in [0.05, 0.1) is 0 Å². The van der Waals surface area contributed by atoms with E-state index in [1.807, 2.05) is 0 Å². The summed E-state index contributed by atoms with van der Waals surface area (Å²) in [5.41, 5.74) is 0.883. The van der Waals surface area contributed by atoms with Crippen LogP contribution in [0.15, 0.2) is 0 Å². The van der Waals surface area contributed by atoms with Crippen LogP contribution in [-0.4, -0.2) is 41.7 Å². The number of hydrogen-bond donors (Lipinski definition) is 2. The smallest absolute Gasteiger partial charge is 0.280 e. The molecule has 0 saturated heterocycles. The summed E-state index contributed by atoms with van der Waals surface area (Å²) < 4.78 is 3.01. The van der Waals surface area contributed by atoms with E-state index < -0.39 is 16.8 Å². The highest BCUT2D eigenvalue weighted by Crippen LogP contribution is 2.40. The average Bonchev–Trinajstić information content (AvgIpc) is 3.03. The van der Waals surface area contributed by atoms with Crippen molar-refractivity contribution < 1.29 is 0 Å². The molecule has 5 heteroatoms. The summed E-state index contributed by atoms with van der Waals surface area (Å²) in [6, 6.07) is 4.16. The molecule has 0 spiro atoms. The fraction of sp³-hybridized carbons (Fsp3) is 1.00. The van der Waals surface area contributed by atoms with Crippen molar-refractivity contribution in [1.82, 2.24) is 14.2 Å². The van der Waals surface area contributed by atoms with Crippen LogP contribution >= 0.6 is 0 Å². The monoisotopic (exact) mass is 315 g/mol. The first kappa shape index (κ1) is 18.4. The van der Waals surface area contributed by atoms with E-state index in [0.29, 0.717) is 0 Å². The van der Waals surface area contributed by atoms with Gasteiger partial charge in [0.1, 0.15) is 8.24 Å². The molecule has 0 amide bonds. The molecule has 120 valence electrons. The number of nitrogens with zero attached hydrogens (tertiary/aromatic N) is 1. The van der Waals surface area contributed by atoms with Crippen LogP contribution in [0.2, 0.25) is 23.7 Å². The zero-order valence-corrected chi connectivity index (χ0v) is 16.7. The van der Waals surface area contributed by atoms with Gasteiger partial charge in [-0.15, -0.1) is 0 Å². The van der Waals surface area contributed by atoms with Gasteiger partial charge in [0.2, 0.25) is 0 Å². The van der Waals surface area contributed by atoms with Crippen LogP contribution in [-0.2, 0) is 0 Å². The maximum absolute atomic E-state index is 3.85. The molecule has 0 radical (unpaired) electrons. The molecule has 2 N–H and O–H groups in total. The molecule has 1 fully saturated rings. The molecule has 0 aromatic heterocycles. The minimum Gasteiger partial charge on any atom is -0.321 e. The molecule has 0 unspecified atom stereocenters. The third-order valence-corrected chi connectivity index (χ3v) is 18.3. The lowest BCUT2D eigenvalue weighted by atomic mass is 10.4. The van der Waals surface area contributed by atoms with E-state index in [-0.39, 0.29) is 0 Å². The minimum absolute atomic E-state index is 0.883. The van der Waals surface area contributed by atoms with Crippen LogP contribution < -0.4 is 9.96 Å². The molecule has 0 aromatic rings. The zero-order chi connectivity index (χ0) is 15.2. The predicted octanol–water partition coefficient (Wildman–Crippen LogP) is 3.64. The first-order valence-corrected chi connectivity index (χ1v) is 13.4. The molecule has 1 aliphatic carbocycles. The highest BCUT2D eigenvalue weighted by atomic mass is 28.4. The zero-order valence-electron chi connectivity index (χ0n) is 14.7. The molecule has 1 saturated carbocycles. The molecular formula is C15H37N3Si2. The molecule has 0 heterocycles. The van der Waals surface area contributed by atoms with Gasteiger partial charge in [-0.25, -0.2) is 0 Å². The maximum Gasteiger partial charge on any atom is 0.280 e. The van der Waals surface area contributed by atoms with Crippen molar-refractivity contribution >= 4 is 16.8 Å². The second-order valence-electron chi connectivity index (χ2n) is 6.28. The van der Waals surface area contributed by atoms with Crippen molar-refractivity contribution in [3.8, 4) is 0 Å². The van der Waals surface area contributed by atoms with Crippen molar-refractivity contribution in [2.45, 2.75) is 77.1 Å². The van der Waals surface area contributed by atoms with Gasteiger partial charge < -0.3 is 14.2 Å². The standard InChI is InChI=1S/C15H37N3Si2/c1-7-18(19(8-2,9-3)10-4)20(16-5,17-6)15-13-11-12-14-15/h15-17H,7-14H2,1-6H3. The summed E-state index contributed by atoms with van der Waals surface area (Å²) in [7, 11) is 1.36. The van der Waals surface area contributed by atoms with E-state index in [1.165, 1.54) is 50.4 Å². The van der Waals surface area contributed by atoms with Gasteiger partial charge in [-0.2, -0.15) is 0 Å². The normalized spacial score (nSPS) is 18.1. The topological polar surface area (TPSA) is 27.3 Å². The number of hydrogen-bond acceptors (Lipinski definition) is 3. The van der Waals surface area contributed by atoms with E-state index in [1.54, 1.807) is 0 Å². The van der Waals surface area contributed by atoms with Crippen molar-refractivity contribution in [3.05, 3.63) is 0 Å². The van der Waals surface area contributed by atoms with Crippen molar-refractivity contribution in [1.29, 1.82) is 0 Å². The number of nitrogens with one attached hydrogen (secondary N) is 2. The predicted molar refractivity (Wildman–Crippen MR) is 95.7 cm³/mol. The van der Waals surface area contributed by atoms with Gasteiger partial charge in [-0.1, -0.05) is 40.5 Å². The van der Waals surface area contributed by atoms with Gasteiger partial charge >= 0.3 is 0 Å². The lowest BCUT2D eigenvalue weighted by molar-refractivity contribution is 0.544. The second-order valence-corrected chi connectivity index (χ2v) is 15.7. The van der Waals surface area contributed by atoms with Crippen LogP contribution in [0.1, 0.15) is 53.4 Å².